The zero-order chi connectivity index (χ0) is 11.5. The fourth-order valence-electron chi connectivity index (χ4n) is 1.56. The van der Waals surface area contributed by atoms with Gasteiger partial charge in [0, 0.05) is 11.1 Å². The number of hydrogen-bond acceptors (Lipinski definition) is 1. The van der Waals surface area contributed by atoms with Crippen LogP contribution in [0.4, 0.5) is 4.39 Å². The van der Waals surface area contributed by atoms with E-state index in [1.807, 2.05) is 0 Å². The summed E-state index contributed by atoms with van der Waals surface area (Å²) in [4.78, 5) is 0. The molecule has 2 aromatic carbocycles. The van der Waals surface area contributed by atoms with Crippen molar-refractivity contribution in [2.75, 3.05) is 7.11 Å². The second-order valence-corrected chi connectivity index (χ2v) is 3.68. The molecule has 0 saturated carbocycles. The average molecular weight is 237 g/mol. The number of benzene rings is 2. The van der Waals surface area contributed by atoms with Crippen molar-refractivity contribution in [3.05, 3.63) is 53.3 Å². The van der Waals surface area contributed by atoms with Gasteiger partial charge in [0.25, 0.3) is 0 Å². The number of hydrogen-bond donors (Lipinski definition) is 0. The Labute approximate surface area is 98.4 Å². The van der Waals surface area contributed by atoms with Gasteiger partial charge in [0.05, 0.1) is 12.1 Å². The van der Waals surface area contributed by atoms with Gasteiger partial charge < -0.3 is 4.74 Å². The molecule has 0 spiro atoms. The maximum Gasteiger partial charge on any atom is 0.138 e. The Morgan fingerprint density at radius 2 is 1.69 bits per heavy atom. The van der Waals surface area contributed by atoms with Crippen LogP contribution < -0.4 is 4.74 Å². The van der Waals surface area contributed by atoms with Crippen LogP contribution in [0.2, 0.25) is 5.02 Å². The lowest BCUT2D eigenvalue weighted by atomic mass is 10.0. The highest BCUT2D eigenvalue weighted by Crippen LogP contribution is 2.35. The maximum atomic E-state index is 13.6. The molecule has 3 heteroatoms. The molecular weight excluding hydrogens is 227 g/mol. The van der Waals surface area contributed by atoms with Crippen molar-refractivity contribution in [3.8, 4) is 16.9 Å². The predicted molar refractivity (Wildman–Crippen MR) is 63.4 cm³/mol. The van der Waals surface area contributed by atoms with Crippen LogP contribution in [0.15, 0.2) is 42.5 Å². The van der Waals surface area contributed by atoms with E-state index in [4.69, 9.17) is 16.3 Å². The summed E-state index contributed by atoms with van der Waals surface area (Å²) in [7, 11) is 1.53. The molecule has 0 heterocycles. The smallest absolute Gasteiger partial charge is 0.138 e. The Balaban J connectivity index is 2.61. The first kappa shape index (κ1) is 11.0. The normalized spacial score (nSPS) is 10.2. The van der Waals surface area contributed by atoms with E-state index in [-0.39, 0.29) is 5.82 Å². The van der Waals surface area contributed by atoms with Crippen molar-refractivity contribution in [1.82, 2.24) is 0 Å². The summed E-state index contributed by atoms with van der Waals surface area (Å²) in [5, 5.41) is 0.426. The minimum Gasteiger partial charge on any atom is -0.495 e. The van der Waals surface area contributed by atoms with Crippen LogP contribution in [-0.2, 0) is 0 Å². The van der Waals surface area contributed by atoms with Crippen LogP contribution in [0.3, 0.4) is 0 Å². The molecule has 0 aliphatic heterocycles. The van der Waals surface area contributed by atoms with E-state index in [1.165, 1.54) is 13.2 Å². The first-order chi connectivity index (χ1) is 7.74. The molecule has 0 radical (unpaired) electrons. The number of rotatable bonds is 2. The summed E-state index contributed by atoms with van der Waals surface area (Å²) in [6, 6.07) is 11.8. The molecule has 0 aliphatic carbocycles. The van der Waals surface area contributed by atoms with Crippen molar-refractivity contribution in [2.24, 2.45) is 0 Å². The standard InChI is InChI=1S/C13H10ClFO/c1-16-12-8-4-6-10(13(12)14)9-5-2-3-7-11(9)15/h2-8H,1H3. The van der Waals surface area contributed by atoms with Crippen LogP contribution in [0, 0.1) is 5.82 Å². The van der Waals surface area contributed by atoms with Gasteiger partial charge in [-0.2, -0.15) is 0 Å². The van der Waals surface area contributed by atoms with Gasteiger partial charge >= 0.3 is 0 Å². The molecule has 2 rings (SSSR count). The Morgan fingerprint density at radius 1 is 1.00 bits per heavy atom. The molecule has 0 aromatic heterocycles. The lowest BCUT2D eigenvalue weighted by Gasteiger charge is -2.09. The number of methoxy groups -OCH3 is 1. The quantitative estimate of drug-likeness (QED) is 0.761. The highest BCUT2D eigenvalue weighted by molar-refractivity contribution is 6.34. The van der Waals surface area contributed by atoms with Crippen molar-refractivity contribution >= 4 is 11.6 Å². The Morgan fingerprint density at radius 3 is 2.38 bits per heavy atom. The molecule has 16 heavy (non-hydrogen) atoms. The van der Waals surface area contributed by atoms with Crippen LogP contribution in [0.5, 0.6) is 5.75 Å². The van der Waals surface area contributed by atoms with E-state index in [0.29, 0.717) is 21.9 Å². The molecule has 82 valence electrons. The molecule has 0 atom stereocenters. The minimum absolute atomic E-state index is 0.294. The largest absolute Gasteiger partial charge is 0.495 e. The van der Waals surface area contributed by atoms with Crippen LogP contribution >= 0.6 is 11.6 Å². The molecule has 0 bridgehead atoms. The zero-order valence-corrected chi connectivity index (χ0v) is 9.46. The average Bonchev–Trinajstić information content (AvgIpc) is 2.31. The van der Waals surface area contributed by atoms with Crippen LogP contribution in [-0.4, -0.2) is 7.11 Å². The van der Waals surface area contributed by atoms with E-state index in [1.54, 1.807) is 36.4 Å². The first-order valence-corrected chi connectivity index (χ1v) is 5.19. The van der Waals surface area contributed by atoms with E-state index >= 15 is 0 Å². The minimum atomic E-state index is -0.294. The highest BCUT2D eigenvalue weighted by Gasteiger charge is 2.11. The SMILES string of the molecule is COc1cccc(-c2ccccc2F)c1Cl. The monoisotopic (exact) mass is 236 g/mol. The summed E-state index contributed by atoms with van der Waals surface area (Å²) < 4.78 is 18.7. The Hall–Kier alpha value is -1.54. The molecule has 0 unspecified atom stereocenters. The summed E-state index contributed by atoms with van der Waals surface area (Å²) in [5.41, 5.74) is 1.12. The second-order valence-electron chi connectivity index (χ2n) is 3.30. The van der Waals surface area contributed by atoms with Crippen molar-refractivity contribution < 1.29 is 9.13 Å². The Bertz CT molecular complexity index is 511. The summed E-state index contributed by atoms with van der Waals surface area (Å²) in [6.45, 7) is 0. The topological polar surface area (TPSA) is 9.23 Å². The molecule has 0 N–H and O–H groups in total. The van der Waals surface area contributed by atoms with Gasteiger partial charge in [-0.05, 0) is 12.1 Å². The van der Waals surface area contributed by atoms with Crippen molar-refractivity contribution in [1.29, 1.82) is 0 Å². The van der Waals surface area contributed by atoms with E-state index < -0.39 is 0 Å². The van der Waals surface area contributed by atoms with E-state index in [2.05, 4.69) is 0 Å². The zero-order valence-electron chi connectivity index (χ0n) is 8.71. The summed E-state index contributed by atoms with van der Waals surface area (Å²) in [6.07, 6.45) is 0. The summed E-state index contributed by atoms with van der Waals surface area (Å²) >= 11 is 6.12. The van der Waals surface area contributed by atoms with E-state index in [9.17, 15) is 4.39 Å². The maximum absolute atomic E-state index is 13.6. The van der Waals surface area contributed by atoms with Gasteiger partial charge in [0.1, 0.15) is 11.6 Å². The molecular formula is C13H10ClFO. The van der Waals surface area contributed by atoms with Gasteiger partial charge in [-0.25, -0.2) is 4.39 Å². The van der Waals surface area contributed by atoms with Crippen molar-refractivity contribution in [2.45, 2.75) is 0 Å². The third-order valence-electron chi connectivity index (χ3n) is 2.35. The summed E-state index contributed by atoms with van der Waals surface area (Å²) in [5.74, 6) is 0.250. The molecule has 1 nitrogen and oxygen atoms in total. The first-order valence-electron chi connectivity index (χ1n) is 4.81. The number of ether oxygens (including phenoxy) is 1. The Kier molecular flexibility index (Phi) is 3.11. The fraction of sp³-hybridized carbons (Fsp3) is 0.0769. The fourth-order valence-corrected chi connectivity index (χ4v) is 1.86. The lowest BCUT2D eigenvalue weighted by Crippen LogP contribution is -1.88. The van der Waals surface area contributed by atoms with Gasteiger partial charge in [0.15, 0.2) is 0 Å². The second kappa shape index (κ2) is 4.54. The van der Waals surface area contributed by atoms with Crippen LogP contribution in [0.25, 0.3) is 11.1 Å². The molecule has 0 saturated heterocycles. The molecule has 2 aromatic rings. The van der Waals surface area contributed by atoms with Crippen LogP contribution in [0.1, 0.15) is 0 Å². The van der Waals surface area contributed by atoms with Gasteiger partial charge in [-0.3, -0.25) is 0 Å². The van der Waals surface area contributed by atoms with E-state index in [0.717, 1.165) is 0 Å². The molecule has 0 aliphatic rings. The van der Waals surface area contributed by atoms with Gasteiger partial charge in [-0.1, -0.05) is 41.9 Å². The lowest BCUT2D eigenvalue weighted by molar-refractivity contribution is 0.415. The molecule has 0 amide bonds. The third kappa shape index (κ3) is 1.89. The molecule has 0 fully saturated rings. The predicted octanol–water partition coefficient (Wildman–Crippen LogP) is 4.15. The third-order valence-corrected chi connectivity index (χ3v) is 2.74. The highest BCUT2D eigenvalue weighted by atomic mass is 35.5. The van der Waals surface area contributed by atoms with Crippen molar-refractivity contribution in [3.63, 3.8) is 0 Å². The van der Waals surface area contributed by atoms with Gasteiger partial charge in [-0.15, -0.1) is 0 Å². The number of halogens is 2. The van der Waals surface area contributed by atoms with Gasteiger partial charge in [0.2, 0.25) is 0 Å².